The molecule has 0 heterocycles. The second kappa shape index (κ2) is 3.40. The summed E-state index contributed by atoms with van der Waals surface area (Å²) in [6.45, 7) is 18.5. The Labute approximate surface area is 78.8 Å². The molecule has 0 aromatic rings. The van der Waals surface area contributed by atoms with Crippen molar-refractivity contribution < 1.29 is 0 Å². The lowest BCUT2D eigenvalue weighted by Crippen LogP contribution is -2.35. The van der Waals surface area contributed by atoms with Gasteiger partial charge in [-0.15, -0.1) is 0 Å². The molecular formula is C12H25. The van der Waals surface area contributed by atoms with Crippen molar-refractivity contribution in [2.75, 3.05) is 0 Å². The maximum Gasteiger partial charge on any atom is -0.0244 e. The molecule has 0 aliphatic heterocycles. The van der Waals surface area contributed by atoms with E-state index in [2.05, 4.69) is 55.4 Å². The highest BCUT2D eigenvalue weighted by molar-refractivity contribution is 5.00. The lowest BCUT2D eigenvalue weighted by atomic mass is 9.62. The summed E-state index contributed by atoms with van der Waals surface area (Å²) in [6.07, 6.45) is 0. The summed E-state index contributed by atoms with van der Waals surface area (Å²) in [5, 5.41) is 0. The lowest BCUT2D eigenvalue weighted by Gasteiger charge is -2.43. The maximum absolute atomic E-state index is 2.35. The quantitative estimate of drug-likeness (QED) is 0.578. The van der Waals surface area contributed by atoms with Crippen molar-refractivity contribution in [2.24, 2.45) is 16.7 Å². The lowest BCUT2D eigenvalue weighted by molar-refractivity contribution is 0.116. The van der Waals surface area contributed by atoms with Gasteiger partial charge >= 0.3 is 0 Å². The Morgan fingerprint density at radius 3 is 1.33 bits per heavy atom. The summed E-state index contributed by atoms with van der Waals surface area (Å²) in [5.41, 5.74) is 0.763. The molecule has 12 heavy (non-hydrogen) atoms. The molecule has 0 bridgehead atoms. The van der Waals surface area contributed by atoms with Crippen LogP contribution in [0.5, 0.6) is 0 Å². The Balaban J connectivity index is 4.57. The molecule has 0 fully saturated rings. The van der Waals surface area contributed by atoms with Crippen molar-refractivity contribution in [3.63, 3.8) is 0 Å². The van der Waals surface area contributed by atoms with E-state index in [0.717, 1.165) is 5.92 Å². The van der Waals surface area contributed by atoms with E-state index in [-0.39, 0.29) is 0 Å². The molecule has 1 radical (unpaired) electrons. The van der Waals surface area contributed by atoms with Crippen LogP contribution in [0.4, 0.5) is 0 Å². The minimum atomic E-state index is 0.359. The molecule has 1 unspecified atom stereocenters. The maximum atomic E-state index is 2.35. The third kappa shape index (κ3) is 2.50. The Hall–Kier alpha value is 0. The van der Waals surface area contributed by atoms with Gasteiger partial charge in [0.25, 0.3) is 0 Å². The summed E-state index contributed by atoms with van der Waals surface area (Å²) in [6, 6.07) is 0. The van der Waals surface area contributed by atoms with Gasteiger partial charge in [0.15, 0.2) is 0 Å². The van der Waals surface area contributed by atoms with Crippen LogP contribution in [-0.4, -0.2) is 0 Å². The molecule has 0 aliphatic rings. The molecule has 0 N–H and O–H groups in total. The van der Waals surface area contributed by atoms with Gasteiger partial charge in [-0.1, -0.05) is 55.4 Å². The third-order valence-corrected chi connectivity index (χ3v) is 3.67. The fourth-order valence-electron chi connectivity index (χ4n) is 1.52. The highest BCUT2D eigenvalue weighted by Crippen LogP contribution is 2.45. The second-order valence-electron chi connectivity index (χ2n) is 5.81. The number of rotatable bonds is 2. The van der Waals surface area contributed by atoms with Crippen molar-refractivity contribution in [1.82, 2.24) is 0 Å². The number of hydrogen-bond acceptors (Lipinski definition) is 0. The van der Waals surface area contributed by atoms with E-state index in [1.807, 2.05) is 0 Å². The Kier molecular flexibility index (Phi) is 3.40. The second-order valence-corrected chi connectivity index (χ2v) is 5.81. The first-order valence-electron chi connectivity index (χ1n) is 4.90. The molecule has 73 valence electrons. The SMILES string of the molecule is C[C](C)C(C)(C)C(C)C(C)(C)C. The van der Waals surface area contributed by atoms with Crippen LogP contribution < -0.4 is 0 Å². The van der Waals surface area contributed by atoms with Crippen LogP contribution in [0.3, 0.4) is 0 Å². The molecule has 0 saturated heterocycles. The number of hydrogen-bond donors (Lipinski definition) is 0. The molecule has 0 rings (SSSR count). The summed E-state index contributed by atoms with van der Waals surface area (Å²) in [4.78, 5) is 0. The van der Waals surface area contributed by atoms with E-state index < -0.39 is 0 Å². The zero-order valence-corrected chi connectivity index (χ0v) is 10.1. The van der Waals surface area contributed by atoms with Crippen molar-refractivity contribution in [3.05, 3.63) is 5.92 Å². The fraction of sp³-hybridized carbons (Fsp3) is 0.917. The summed E-state index contributed by atoms with van der Waals surface area (Å²) >= 11 is 0. The van der Waals surface area contributed by atoms with Crippen LogP contribution in [0.15, 0.2) is 0 Å². The fourth-order valence-corrected chi connectivity index (χ4v) is 1.52. The monoisotopic (exact) mass is 169 g/mol. The van der Waals surface area contributed by atoms with Gasteiger partial charge in [-0.25, -0.2) is 0 Å². The highest BCUT2D eigenvalue weighted by Gasteiger charge is 2.36. The predicted molar refractivity (Wildman–Crippen MR) is 57.0 cm³/mol. The van der Waals surface area contributed by atoms with Crippen molar-refractivity contribution in [3.8, 4) is 0 Å². The topological polar surface area (TPSA) is 0 Å². The largest absolute Gasteiger partial charge is 0.0615 e. The molecule has 0 nitrogen and oxygen atoms in total. The van der Waals surface area contributed by atoms with Crippen LogP contribution in [0.1, 0.15) is 55.4 Å². The summed E-state index contributed by atoms with van der Waals surface area (Å²) in [5.74, 6) is 2.25. The van der Waals surface area contributed by atoms with Gasteiger partial charge in [0.2, 0.25) is 0 Å². The summed E-state index contributed by atoms with van der Waals surface area (Å²) < 4.78 is 0. The van der Waals surface area contributed by atoms with Crippen LogP contribution in [0, 0.1) is 22.7 Å². The smallest absolute Gasteiger partial charge is 0.0244 e. The molecule has 0 aliphatic carbocycles. The normalized spacial score (nSPS) is 16.8. The first-order valence-corrected chi connectivity index (χ1v) is 4.90. The zero-order valence-electron chi connectivity index (χ0n) is 10.1. The molecule has 0 aromatic heterocycles. The zero-order chi connectivity index (χ0) is 10.2. The molecule has 0 saturated carbocycles. The molecule has 0 spiro atoms. The average molecular weight is 169 g/mol. The standard InChI is InChI=1S/C12H25/c1-9(2)12(7,8)10(3)11(4,5)6/h10H,1-8H3. The van der Waals surface area contributed by atoms with Crippen molar-refractivity contribution in [1.29, 1.82) is 0 Å². The van der Waals surface area contributed by atoms with Crippen molar-refractivity contribution >= 4 is 0 Å². The van der Waals surface area contributed by atoms with Gasteiger partial charge in [0.05, 0.1) is 0 Å². The molecule has 0 aromatic carbocycles. The Bertz CT molecular complexity index is 135. The van der Waals surface area contributed by atoms with E-state index in [1.165, 1.54) is 5.92 Å². The van der Waals surface area contributed by atoms with Gasteiger partial charge in [-0.05, 0) is 22.7 Å². The van der Waals surface area contributed by atoms with E-state index in [1.54, 1.807) is 0 Å². The first-order chi connectivity index (χ1) is 5.10. The molecule has 0 amide bonds. The van der Waals surface area contributed by atoms with Crippen LogP contribution in [0.2, 0.25) is 0 Å². The van der Waals surface area contributed by atoms with E-state index in [4.69, 9.17) is 0 Å². The minimum absolute atomic E-state index is 0.359. The third-order valence-electron chi connectivity index (χ3n) is 3.67. The first kappa shape index (κ1) is 12.0. The Morgan fingerprint density at radius 1 is 0.917 bits per heavy atom. The molecule has 1 atom stereocenters. The minimum Gasteiger partial charge on any atom is -0.0615 e. The van der Waals surface area contributed by atoms with Gasteiger partial charge in [-0.2, -0.15) is 0 Å². The van der Waals surface area contributed by atoms with Crippen LogP contribution in [0.25, 0.3) is 0 Å². The van der Waals surface area contributed by atoms with Gasteiger partial charge < -0.3 is 0 Å². The van der Waals surface area contributed by atoms with Crippen molar-refractivity contribution in [2.45, 2.75) is 55.4 Å². The highest BCUT2D eigenvalue weighted by atomic mass is 14.4. The van der Waals surface area contributed by atoms with Crippen LogP contribution in [-0.2, 0) is 0 Å². The van der Waals surface area contributed by atoms with E-state index in [9.17, 15) is 0 Å². The van der Waals surface area contributed by atoms with Gasteiger partial charge in [0, 0.05) is 0 Å². The van der Waals surface area contributed by atoms with E-state index >= 15 is 0 Å². The molecule has 0 heteroatoms. The average Bonchev–Trinajstić information content (AvgIpc) is 1.83. The summed E-state index contributed by atoms with van der Waals surface area (Å²) in [7, 11) is 0. The van der Waals surface area contributed by atoms with Crippen LogP contribution >= 0.6 is 0 Å². The van der Waals surface area contributed by atoms with Gasteiger partial charge in [-0.3, -0.25) is 0 Å². The van der Waals surface area contributed by atoms with E-state index in [0.29, 0.717) is 10.8 Å². The predicted octanol–water partition coefficient (Wildman–Crippen LogP) is 4.31. The Morgan fingerprint density at radius 2 is 1.25 bits per heavy atom. The molecular weight excluding hydrogens is 144 g/mol. The van der Waals surface area contributed by atoms with Gasteiger partial charge in [0.1, 0.15) is 0 Å².